The number of benzene rings is 9. The summed E-state index contributed by atoms with van der Waals surface area (Å²) in [6.07, 6.45) is 0. The average molecular weight is 807 g/mol. The largest absolute Gasteiger partial charge is 0.456 e. The van der Waals surface area contributed by atoms with Gasteiger partial charge in [0.05, 0.1) is 16.7 Å². The van der Waals surface area contributed by atoms with Crippen LogP contribution in [-0.4, -0.2) is 19.5 Å². The van der Waals surface area contributed by atoms with Crippen molar-refractivity contribution in [2.45, 2.75) is 0 Å². The van der Waals surface area contributed by atoms with Gasteiger partial charge in [-0.2, -0.15) is 0 Å². The molecule has 6 heteroatoms. The van der Waals surface area contributed by atoms with Gasteiger partial charge in [0.1, 0.15) is 16.7 Å². The van der Waals surface area contributed by atoms with Crippen LogP contribution in [0.4, 0.5) is 0 Å². The smallest absolute Gasteiger partial charge is 0.164 e. The fourth-order valence-electron chi connectivity index (χ4n) is 9.40. The van der Waals surface area contributed by atoms with E-state index in [1.807, 2.05) is 54.6 Å². The highest BCUT2D eigenvalue weighted by atomic mass is 16.3. The molecule has 9 aromatic carbocycles. The summed E-state index contributed by atoms with van der Waals surface area (Å²) in [6, 6.07) is 71.4. The Hall–Kier alpha value is -8.61. The molecule has 0 unspecified atom stereocenters. The van der Waals surface area contributed by atoms with Crippen LogP contribution in [0, 0.1) is 0 Å². The number of hydrogen-bond donors (Lipinski definition) is 0. The highest BCUT2D eigenvalue weighted by Crippen LogP contribution is 2.42. The minimum atomic E-state index is 0.550. The van der Waals surface area contributed by atoms with Gasteiger partial charge in [-0.1, -0.05) is 164 Å². The Morgan fingerprint density at radius 3 is 1.57 bits per heavy atom. The van der Waals surface area contributed by atoms with Gasteiger partial charge >= 0.3 is 0 Å². The van der Waals surface area contributed by atoms with E-state index in [1.54, 1.807) is 0 Å². The number of rotatable bonds is 6. The lowest BCUT2D eigenvalue weighted by Gasteiger charge is -2.10. The molecule has 0 bridgehead atoms. The predicted octanol–water partition coefficient (Wildman–Crippen LogP) is 15.1. The third kappa shape index (κ3) is 5.62. The maximum Gasteiger partial charge on any atom is 0.164 e. The Balaban J connectivity index is 0.966. The van der Waals surface area contributed by atoms with Gasteiger partial charge in [-0.25, -0.2) is 15.0 Å². The summed E-state index contributed by atoms with van der Waals surface area (Å²) >= 11 is 0. The van der Waals surface area contributed by atoms with E-state index in [0.717, 1.165) is 88.4 Å². The number of para-hydroxylation sites is 3. The fourth-order valence-corrected chi connectivity index (χ4v) is 9.40. The lowest BCUT2D eigenvalue weighted by atomic mass is 9.96. The van der Waals surface area contributed by atoms with Crippen LogP contribution in [0.2, 0.25) is 0 Å². The first-order valence-electron chi connectivity index (χ1n) is 21.1. The van der Waals surface area contributed by atoms with Crippen LogP contribution in [-0.2, 0) is 0 Å². The molecule has 0 saturated carbocycles. The predicted molar refractivity (Wildman–Crippen MR) is 256 cm³/mol. The topological polar surface area (TPSA) is 69.9 Å². The Kier molecular flexibility index (Phi) is 7.80. The van der Waals surface area contributed by atoms with Crippen LogP contribution in [0.25, 0.3) is 128 Å². The molecule has 0 aliphatic rings. The van der Waals surface area contributed by atoms with Crippen LogP contribution >= 0.6 is 0 Å². The molecule has 0 aliphatic carbocycles. The molecule has 0 spiro atoms. The van der Waals surface area contributed by atoms with E-state index in [4.69, 9.17) is 23.8 Å². The Morgan fingerprint density at radius 2 is 0.841 bits per heavy atom. The molecule has 6 nitrogen and oxygen atoms in total. The van der Waals surface area contributed by atoms with Crippen molar-refractivity contribution in [3.05, 3.63) is 206 Å². The second kappa shape index (κ2) is 14.0. The van der Waals surface area contributed by atoms with E-state index in [2.05, 4.69) is 156 Å². The highest BCUT2D eigenvalue weighted by Gasteiger charge is 2.22. The first-order valence-corrected chi connectivity index (χ1v) is 21.1. The Morgan fingerprint density at radius 1 is 0.317 bits per heavy atom. The molecule has 0 atom stereocenters. The summed E-state index contributed by atoms with van der Waals surface area (Å²) in [5, 5.41) is 6.43. The lowest BCUT2D eigenvalue weighted by molar-refractivity contribution is 0.666. The van der Waals surface area contributed by atoms with Crippen molar-refractivity contribution >= 4 is 65.7 Å². The summed E-state index contributed by atoms with van der Waals surface area (Å²) in [6.45, 7) is 0. The van der Waals surface area contributed by atoms with Crippen molar-refractivity contribution in [1.82, 2.24) is 19.5 Å². The molecule has 0 aliphatic heterocycles. The van der Waals surface area contributed by atoms with Crippen LogP contribution in [0.5, 0.6) is 0 Å². The summed E-state index contributed by atoms with van der Waals surface area (Å²) in [5.74, 6) is 1.69. The molecule has 0 saturated heterocycles. The molecular formula is C57H34N4O2. The molecule has 63 heavy (non-hydrogen) atoms. The maximum atomic E-state index is 6.84. The van der Waals surface area contributed by atoms with Crippen molar-refractivity contribution in [3.63, 3.8) is 0 Å². The third-order valence-corrected chi connectivity index (χ3v) is 12.3. The third-order valence-electron chi connectivity index (χ3n) is 12.3. The molecule has 0 amide bonds. The van der Waals surface area contributed by atoms with Crippen molar-refractivity contribution in [2.24, 2.45) is 0 Å². The van der Waals surface area contributed by atoms with E-state index in [-0.39, 0.29) is 0 Å². The molecule has 0 fully saturated rings. The van der Waals surface area contributed by atoms with E-state index in [0.29, 0.717) is 17.5 Å². The molecule has 13 rings (SSSR count). The van der Waals surface area contributed by atoms with Crippen LogP contribution in [0.1, 0.15) is 0 Å². The summed E-state index contributed by atoms with van der Waals surface area (Å²) in [5.41, 5.74) is 13.6. The van der Waals surface area contributed by atoms with Crippen molar-refractivity contribution < 1.29 is 8.83 Å². The minimum absolute atomic E-state index is 0.550. The van der Waals surface area contributed by atoms with E-state index < -0.39 is 0 Å². The second-order valence-electron chi connectivity index (χ2n) is 15.9. The fraction of sp³-hybridized carbons (Fsp3) is 0. The zero-order valence-electron chi connectivity index (χ0n) is 33.7. The van der Waals surface area contributed by atoms with E-state index in [1.165, 1.54) is 21.9 Å². The summed E-state index contributed by atoms with van der Waals surface area (Å²) in [4.78, 5) is 15.5. The van der Waals surface area contributed by atoms with Crippen molar-refractivity contribution in [1.29, 1.82) is 0 Å². The average Bonchev–Trinajstić information content (AvgIpc) is 4.04. The number of nitrogens with zero attached hydrogens (tertiary/aromatic N) is 4. The van der Waals surface area contributed by atoms with Gasteiger partial charge in [0.15, 0.2) is 23.1 Å². The van der Waals surface area contributed by atoms with E-state index >= 15 is 0 Å². The van der Waals surface area contributed by atoms with Gasteiger partial charge in [0.2, 0.25) is 0 Å². The number of aromatic nitrogens is 4. The van der Waals surface area contributed by atoms with Crippen molar-refractivity contribution in [3.8, 4) is 62.1 Å². The number of hydrogen-bond acceptors (Lipinski definition) is 5. The Labute approximate surface area is 361 Å². The molecule has 0 N–H and O–H groups in total. The summed E-state index contributed by atoms with van der Waals surface area (Å²) < 4.78 is 15.7. The maximum absolute atomic E-state index is 6.84. The van der Waals surface area contributed by atoms with Gasteiger partial charge in [-0.15, -0.1) is 0 Å². The van der Waals surface area contributed by atoms with Crippen LogP contribution in [0.3, 0.4) is 0 Å². The monoisotopic (exact) mass is 806 g/mol. The molecule has 4 aromatic heterocycles. The van der Waals surface area contributed by atoms with Crippen molar-refractivity contribution in [2.75, 3.05) is 0 Å². The van der Waals surface area contributed by atoms with E-state index in [9.17, 15) is 0 Å². The lowest BCUT2D eigenvalue weighted by Crippen LogP contribution is -2.00. The van der Waals surface area contributed by atoms with Gasteiger partial charge in [-0.05, 0) is 64.7 Å². The zero-order valence-corrected chi connectivity index (χ0v) is 33.7. The number of fused-ring (bicyclic) bond motifs is 9. The first-order chi connectivity index (χ1) is 31.2. The van der Waals surface area contributed by atoms with Gasteiger partial charge in [-0.3, -0.25) is 0 Å². The molecule has 13 aromatic rings. The van der Waals surface area contributed by atoms with Crippen LogP contribution < -0.4 is 0 Å². The van der Waals surface area contributed by atoms with Crippen LogP contribution in [0.15, 0.2) is 215 Å². The molecule has 4 heterocycles. The molecule has 0 radical (unpaired) electrons. The zero-order chi connectivity index (χ0) is 41.4. The summed E-state index contributed by atoms with van der Waals surface area (Å²) in [7, 11) is 0. The standard InChI is InChI=1S/C57H34N4O2/c1-3-14-35(15-4-1)36-28-30-37(31-29-36)40-20-12-26-49-52(40)43-33-32-39(34-51(43)62-49)56-58-55(38-16-5-2-6-17-38)59-57(60-56)45-22-13-27-50-53(45)44-21-11-25-48(54(44)63-50)61-46-23-9-7-18-41(46)42-19-8-10-24-47(42)61/h1-34H. The van der Waals surface area contributed by atoms with Gasteiger partial charge in [0.25, 0.3) is 0 Å². The molecular weight excluding hydrogens is 773 g/mol. The Bertz CT molecular complexity index is 3850. The number of furan rings is 2. The normalized spacial score (nSPS) is 11.8. The quantitative estimate of drug-likeness (QED) is 0.167. The SMILES string of the molecule is c1ccc(-c2ccc(-c3cccc4oc5cc(-c6nc(-c7ccccc7)nc(-c7cccc8oc9c(-n%10c%11ccccc%11c%11ccccc%11%10)cccc9c78)n6)ccc5c34)cc2)cc1. The molecule has 294 valence electrons. The minimum Gasteiger partial charge on any atom is -0.456 e. The first kappa shape index (κ1) is 35.2. The second-order valence-corrected chi connectivity index (χ2v) is 15.9. The van der Waals surface area contributed by atoms with Gasteiger partial charge < -0.3 is 13.4 Å². The highest BCUT2D eigenvalue weighted by molar-refractivity contribution is 6.16. The van der Waals surface area contributed by atoms with Gasteiger partial charge in [0, 0.05) is 49.0 Å².